The predicted molar refractivity (Wildman–Crippen MR) is 75.5 cm³/mol. The maximum Gasteiger partial charge on any atom is 0.0579 e. The highest BCUT2D eigenvalue weighted by molar-refractivity contribution is 7.81. The molecule has 2 rings (SSSR count). The van der Waals surface area contributed by atoms with Crippen LogP contribution < -0.4 is 0 Å². The third kappa shape index (κ3) is 3.58. The Morgan fingerprint density at radius 3 is 2.12 bits per heavy atom. The van der Waals surface area contributed by atoms with Gasteiger partial charge in [-0.15, -0.1) is 0 Å². The van der Waals surface area contributed by atoms with Crippen LogP contribution in [0.2, 0.25) is 0 Å². The van der Waals surface area contributed by atoms with Crippen LogP contribution in [-0.4, -0.2) is 21.7 Å². The maximum atomic E-state index is 10.1. The van der Waals surface area contributed by atoms with E-state index in [9.17, 15) is 5.11 Å². The molecule has 3 heteroatoms. The summed E-state index contributed by atoms with van der Waals surface area (Å²) in [4.78, 5) is 0. The Balaban J connectivity index is 1.76. The molecule has 1 nitrogen and oxygen atoms in total. The molecule has 2 aliphatic rings. The molecule has 0 aromatic rings. The van der Waals surface area contributed by atoms with E-state index in [-0.39, 0.29) is 6.10 Å². The Morgan fingerprint density at radius 1 is 0.875 bits per heavy atom. The molecular weight excluding hydrogens is 236 g/mol. The molecule has 94 valence electrons. The van der Waals surface area contributed by atoms with E-state index in [1.54, 1.807) is 0 Å². The lowest BCUT2D eigenvalue weighted by Crippen LogP contribution is -2.32. The molecule has 2 aliphatic carbocycles. The van der Waals surface area contributed by atoms with Crippen molar-refractivity contribution in [2.45, 2.75) is 68.0 Å². The van der Waals surface area contributed by atoms with Gasteiger partial charge in [-0.05, 0) is 63.2 Å². The summed E-state index contributed by atoms with van der Waals surface area (Å²) in [7, 11) is 0. The van der Waals surface area contributed by atoms with E-state index in [0.717, 1.165) is 12.3 Å². The van der Waals surface area contributed by atoms with E-state index in [0.29, 0.717) is 16.4 Å². The van der Waals surface area contributed by atoms with Gasteiger partial charge in [0.2, 0.25) is 0 Å². The molecule has 16 heavy (non-hydrogen) atoms. The molecule has 2 fully saturated rings. The van der Waals surface area contributed by atoms with Crippen LogP contribution in [0.1, 0.15) is 51.4 Å². The molecule has 0 aromatic carbocycles. The summed E-state index contributed by atoms with van der Waals surface area (Å²) in [6.45, 7) is 0. The van der Waals surface area contributed by atoms with Gasteiger partial charge in [0.25, 0.3) is 0 Å². The van der Waals surface area contributed by atoms with Crippen LogP contribution in [-0.2, 0) is 0 Å². The van der Waals surface area contributed by atoms with Crippen molar-refractivity contribution in [3.8, 4) is 0 Å². The van der Waals surface area contributed by atoms with Gasteiger partial charge in [-0.25, -0.2) is 0 Å². The molecule has 2 saturated carbocycles. The lowest BCUT2D eigenvalue weighted by atomic mass is 9.76. The van der Waals surface area contributed by atoms with Gasteiger partial charge in [0.1, 0.15) is 0 Å². The van der Waals surface area contributed by atoms with Crippen molar-refractivity contribution in [3.63, 3.8) is 0 Å². The van der Waals surface area contributed by atoms with E-state index in [2.05, 4.69) is 25.3 Å². The third-order valence-electron chi connectivity index (χ3n) is 4.38. The average molecular weight is 260 g/mol. The van der Waals surface area contributed by atoms with Crippen molar-refractivity contribution >= 4 is 25.3 Å². The van der Waals surface area contributed by atoms with Crippen molar-refractivity contribution in [1.82, 2.24) is 0 Å². The Kier molecular flexibility index (Phi) is 4.92. The molecule has 0 spiro atoms. The highest BCUT2D eigenvalue weighted by Crippen LogP contribution is 2.37. The minimum Gasteiger partial charge on any atom is -0.393 e. The van der Waals surface area contributed by atoms with Crippen molar-refractivity contribution in [2.75, 3.05) is 0 Å². The fourth-order valence-electron chi connectivity index (χ4n) is 3.27. The summed E-state index contributed by atoms with van der Waals surface area (Å²) in [5.74, 6) is 1.39. The van der Waals surface area contributed by atoms with Crippen LogP contribution in [0, 0.1) is 11.8 Å². The van der Waals surface area contributed by atoms with E-state index < -0.39 is 0 Å². The highest BCUT2D eigenvalue weighted by atomic mass is 32.1. The Labute approximate surface area is 110 Å². The molecule has 0 radical (unpaired) electrons. The second-order valence-electron chi connectivity index (χ2n) is 5.70. The van der Waals surface area contributed by atoms with Crippen LogP contribution >= 0.6 is 25.3 Å². The van der Waals surface area contributed by atoms with Crippen molar-refractivity contribution in [2.24, 2.45) is 11.8 Å². The summed E-state index contributed by atoms with van der Waals surface area (Å²) >= 11 is 9.01. The van der Waals surface area contributed by atoms with Gasteiger partial charge in [-0.3, -0.25) is 0 Å². The standard InChI is InChI=1S/C13H24OS2/c14-13-8-12(16)6-3-10(13)7-9-1-4-11(15)5-2-9/h9-16H,1-8H2. The second-order valence-corrected chi connectivity index (χ2v) is 7.17. The third-order valence-corrected chi connectivity index (χ3v) is 5.37. The molecule has 0 amide bonds. The van der Waals surface area contributed by atoms with E-state index in [1.165, 1.54) is 44.9 Å². The van der Waals surface area contributed by atoms with Crippen LogP contribution in [0.4, 0.5) is 0 Å². The topological polar surface area (TPSA) is 20.2 Å². The van der Waals surface area contributed by atoms with Gasteiger partial charge in [0, 0.05) is 10.5 Å². The van der Waals surface area contributed by atoms with Crippen molar-refractivity contribution in [1.29, 1.82) is 0 Å². The smallest absolute Gasteiger partial charge is 0.0579 e. The zero-order valence-corrected chi connectivity index (χ0v) is 11.7. The van der Waals surface area contributed by atoms with E-state index >= 15 is 0 Å². The summed E-state index contributed by atoms with van der Waals surface area (Å²) in [5.41, 5.74) is 0. The fourth-order valence-corrected chi connectivity index (χ4v) is 3.93. The molecule has 0 saturated heterocycles. The molecule has 1 N–H and O–H groups in total. The largest absolute Gasteiger partial charge is 0.393 e. The minimum absolute atomic E-state index is 0.0926. The summed E-state index contributed by atoms with van der Waals surface area (Å²) in [6.07, 6.45) is 9.59. The van der Waals surface area contributed by atoms with Crippen molar-refractivity contribution < 1.29 is 5.11 Å². The van der Waals surface area contributed by atoms with Gasteiger partial charge in [-0.1, -0.05) is 0 Å². The first-order valence-electron chi connectivity index (χ1n) is 6.69. The number of aliphatic hydroxyl groups excluding tert-OH is 1. The zero-order valence-electron chi connectivity index (χ0n) is 9.89. The first-order chi connectivity index (χ1) is 7.65. The monoisotopic (exact) mass is 260 g/mol. The Hall–Kier alpha value is 0.660. The molecule has 0 aromatic heterocycles. The normalized spacial score (nSPS) is 45.6. The lowest BCUT2D eigenvalue weighted by molar-refractivity contribution is 0.0550. The van der Waals surface area contributed by atoms with E-state index in [4.69, 9.17) is 0 Å². The van der Waals surface area contributed by atoms with Gasteiger partial charge in [0.05, 0.1) is 6.10 Å². The number of rotatable bonds is 2. The van der Waals surface area contributed by atoms with Crippen molar-refractivity contribution in [3.05, 3.63) is 0 Å². The number of hydrogen-bond acceptors (Lipinski definition) is 3. The number of thiol groups is 2. The number of aliphatic hydroxyl groups is 1. The molecule has 0 aliphatic heterocycles. The van der Waals surface area contributed by atoms with E-state index in [1.807, 2.05) is 0 Å². The highest BCUT2D eigenvalue weighted by Gasteiger charge is 2.30. The SMILES string of the molecule is OC1CC(S)CCC1CC1CCC(S)CC1. The van der Waals surface area contributed by atoms with Gasteiger partial charge in [-0.2, -0.15) is 25.3 Å². The number of hydrogen-bond donors (Lipinski definition) is 3. The fraction of sp³-hybridized carbons (Fsp3) is 1.00. The summed E-state index contributed by atoms with van der Waals surface area (Å²) < 4.78 is 0. The van der Waals surface area contributed by atoms with Gasteiger partial charge in [0.15, 0.2) is 0 Å². The maximum absolute atomic E-state index is 10.1. The minimum atomic E-state index is -0.0926. The zero-order chi connectivity index (χ0) is 11.5. The van der Waals surface area contributed by atoms with Crippen LogP contribution in [0.15, 0.2) is 0 Å². The Bertz CT molecular complexity index is 214. The average Bonchev–Trinajstić information content (AvgIpc) is 2.25. The Morgan fingerprint density at radius 2 is 1.50 bits per heavy atom. The molecular formula is C13H24OS2. The lowest BCUT2D eigenvalue weighted by Gasteiger charge is -2.35. The second kappa shape index (κ2) is 6.01. The summed E-state index contributed by atoms with van der Waals surface area (Å²) in [6, 6.07) is 0. The molecule has 3 atom stereocenters. The van der Waals surface area contributed by atoms with Gasteiger partial charge >= 0.3 is 0 Å². The molecule has 0 heterocycles. The van der Waals surface area contributed by atoms with Crippen LogP contribution in [0.5, 0.6) is 0 Å². The first-order valence-corrected chi connectivity index (χ1v) is 7.72. The predicted octanol–water partition coefficient (Wildman–Crippen LogP) is 3.32. The van der Waals surface area contributed by atoms with Crippen LogP contribution in [0.25, 0.3) is 0 Å². The van der Waals surface area contributed by atoms with Crippen LogP contribution in [0.3, 0.4) is 0 Å². The van der Waals surface area contributed by atoms with Gasteiger partial charge < -0.3 is 5.11 Å². The first kappa shape index (κ1) is 13.1. The molecule has 3 unspecified atom stereocenters. The molecule has 0 bridgehead atoms. The quantitative estimate of drug-likeness (QED) is 0.651. The summed E-state index contributed by atoms with van der Waals surface area (Å²) in [5, 5.41) is 11.1.